The van der Waals surface area contributed by atoms with Gasteiger partial charge in [0.25, 0.3) is 0 Å². The lowest BCUT2D eigenvalue weighted by atomic mass is 10.0. The first-order valence-electron chi connectivity index (χ1n) is 15.4. The molecule has 0 spiro atoms. The molecular formula is C29H59NO6P+. The third-order valence-electron chi connectivity index (χ3n) is 7.36. The third-order valence-corrected chi connectivity index (χ3v) is 8.71. The number of hydrogen-bond donors (Lipinski definition) is 2. The van der Waals surface area contributed by atoms with E-state index in [0.29, 0.717) is 19.1 Å². The summed E-state index contributed by atoms with van der Waals surface area (Å²) < 4.78 is 29.0. The van der Waals surface area contributed by atoms with Crippen molar-refractivity contribution < 1.29 is 33.2 Å². The SMILES string of the molecule is CCCCCCCCCCCCCCC(C)COCC(COP(=O)(O)CC[NH+]1CCCC1)OC(=O)CC. The highest BCUT2D eigenvalue weighted by Crippen LogP contribution is 2.41. The Balaban J connectivity index is 2.13. The van der Waals surface area contributed by atoms with Crippen molar-refractivity contribution in [2.75, 3.05) is 45.6 Å². The van der Waals surface area contributed by atoms with E-state index in [9.17, 15) is 14.3 Å². The Hall–Kier alpha value is -0.460. The summed E-state index contributed by atoms with van der Waals surface area (Å²) in [6.45, 7) is 9.60. The van der Waals surface area contributed by atoms with Crippen molar-refractivity contribution in [1.82, 2.24) is 0 Å². The molecule has 0 aromatic heterocycles. The van der Waals surface area contributed by atoms with Gasteiger partial charge in [0.15, 0.2) is 0 Å². The molecule has 1 rings (SSSR count). The minimum atomic E-state index is -3.71. The molecule has 37 heavy (non-hydrogen) atoms. The Morgan fingerprint density at radius 2 is 1.43 bits per heavy atom. The molecule has 0 radical (unpaired) electrons. The number of esters is 1. The van der Waals surface area contributed by atoms with Crippen LogP contribution in [0, 0.1) is 5.92 Å². The van der Waals surface area contributed by atoms with Gasteiger partial charge in [0.2, 0.25) is 0 Å². The van der Waals surface area contributed by atoms with Gasteiger partial charge in [-0.2, -0.15) is 0 Å². The van der Waals surface area contributed by atoms with Crippen molar-refractivity contribution in [3.63, 3.8) is 0 Å². The maximum Gasteiger partial charge on any atom is 0.333 e. The van der Waals surface area contributed by atoms with Gasteiger partial charge in [-0.3, -0.25) is 9.36 Å². The number of carbonyl (C=O) groups excluding carboxylic acids is 1. The molecule has 0 aromatic rings. The molecule has 3 atom stereocenters. The summed E-state index contributed by atoms with van der Waals surface area (Å²) in [4.78, 5) is 23.4. The Bertz CT molecular complexity index is 599. The van der Waals surface area contributed by atoms with Crippen LogP contribution in [0.1, 0.15) is 124 Å². The number of nitrogens with one attached hydrogen (secondary N) is 1. The zero-order chi connectivity index (χ0) is 27.2. The Kier molecular flexibility index (Phi) is 20.9. The van der Waals surface area contributed by atoms with Crippen LogP contribution in [0.3, 0.4) is 0 Å². The molecule has 220 valence electrons. The lowest BCUT2D eigenvalue weighted by Crippen LogP contribution is -3.10. The first kappa shape index (κ1) is 34.6. The summed E-state index contributed by atoms with van der Waals surface area (Å²) in [6.07, 6.45) is 19.4. The topological polar surface area (TPSA) is 86.5 Å². The average Bonchev–Trinajstić information content (AvgIpc) is 3.40. The van der Waals surface area contributed by atoms with E-state index >= 15 is 0 Å². The van der Waals surface area contributed by atoms with Gasteiger partial charge < -0.3 is 23.8 Å². The second kappa shape index (κ2) is 22.4. The number of ether oxygens (including phenoxy) is 2. The van der Waals surface area contributed by atoms with Crippen molar-refractivity contribution in [2.24, 2.45) is 5.92 Å². The van der Waals surface area contributed by atoms with Gasteiger partial charge in [0.05, 0.1) is 39.0 Å². The van der Waals surface area contributed by atoms with E-state index in [1.807, 2.05) is 0 Å². The fourth-order valence-corrected chi connectivity index (χ4v) is 6.02. The monoisotopic (exact) mass is 548 g/mol. The minimum absolute atomic E-state index is 0.109. The Morgan fingerprint density at radius 1 is 0.865 bits per heavy atom. The van der Waals surface area contributed by atoms with E-state index in [2.05, 4.69) is 13.8 Å². The van der Waals surface area contributed by atoms with Crippen LogP contribution in [0.2, 0.25) is 0 Å². The van der Waals surface area contributed by atoms with Crippen LogP contribution < -0.4 is 4.90 Å². The maximum atomic E-state index is 12.4. The van der Waals surface area contributed by atoms with Crippen molar-refractivity contribution >= 4 is 13.6 Å². The van der Waals surface area contributed by atoms with Gasteiger partial charge in [0, 0.05) is 25.9 Å². The summed E-state index contributed by atoms with van der Waals surface area (Å²) in [7, 11) is -3.71. The van der Waals surface area contributed by atoms with Gasteiger partial charge >= 0.3 is 13.6 Å². The molecule has 8 heteroatoms. The van der Waals surface area contributed by atoms with Crippen LogP contribution in [-0.4, -0.2) is 62.6 Å². The van der Waals surface area contributed by atoms with E-state index in [-0.39, 0.29) is 31.8 Å². The largest absolute Gasteiger partial charge is 0.457 e. The number of rotatable bonds is 25. The summed E-state index contributed by atoms with van der Waals surface area (Å²) in [5.41, 5.74) is 0. The molecule has 0 bridgehead atoms. The molecule has 3 unspecified atom stereocenters. The van der Waals surface area contributed by atoms with E-state index in [1.165, 1.54) is 94.8 Å². The summed E-state index contributed by atoms with van der Waals surface area (Å²) >= 11 is 0. The third kappa shape index (κ3) is 20.2. The minimum Gasteiger partial charge on any atom is -0.457 e. The number of carbonyl (C=O) groups is 1. The van der Waals surface area contributed by atoms with E-state index < -0.39 is 13.7 Å². The molecule has 1 heterocycles. The van der Waals surface area contributed by atoms with Crippen LogP contribution in [0.15, 0.2) is 0 Å². The fraction of sp³-hybridized carbons (Fsp3) is 0.966. The smallest absolute Gasteiger partial charge is 0.333 e. The Morgan fingerprint density at radius 3 is 2.00 bits per heavy atom. The predicted molar refractivity (Wildman–Crippen MR) is 151 cm³/mol. The van der Waals surface area contributed by atoms with Gasteiger partial charge in [0.1, 0.15) is 6.10 Å². The van der Waals surface area contributed by atoms with Crippen molar-refractivity contribution in [3.05, 3.63) is 0 Å². The molecule has 0 aliphatic carbocycles. The van der Waals surface area contributed by atoms with Crippen molar-refractivity contribution in [3.8, 4) is 0 Å². The molecule has 1 aliphatic heterocycles. The van der Waals surface area contributed by atoms with Gasteiger partial charge in [-0.1, -0.05) is 97.8 Å². The Labute approximate surface area is 227 Å². The molecule has 0 amide bonds. The number of unbranched alkanes of at least 4 members (excludes halogenated alkanes) is 11. The first-order valence-corrected chi connectivity index (χ1v) is 17.2. The lowest BCUT2D eigenvalue weighted by Gasteiger charge is -2.21. The molecular weight excluding hydrogens is 489 g/mol. The highest BCUT2D eigenvalue weighted by atomic mass is 31.2. The fourth-order valence-electron chi connectivity index (χ4n) is 4.89. The molecule has 0 aromatic carbocycles. The standard InChI is InChI=1S/C29H58NO6P/c1-4-6-7-8-9-10-11-12-13-14-15-16-19-27(3)24-34-25-28(36-29(31)5-2)26-35-37(32,33)23-22-30-20-17-18-21-30/h27-28H,4-26H2,1-3H3,(H,32,33)/p+1. The van der Waals surface area contributed by atoms with Crippen LogP contribution in [-0.2, 0) is 23.4 Å². The maximum absolute atomic E-state index is 12.4. The average molecular weight is 549 g/mol. The van der Waals surface area contributed by atoms with Crippen molar-refractivity contribution in [2.45, 2.75) is 130 Å². The van der Waals surface area contributed by atoms with Gasteiger partial charge in [-0.25, -0.2) is 0 Å². The lowest BCUT2D eigenvalue weighted by molar-refractivity contribution is -0.884. The predicted octanol–water partition coefficient (Wildman–Crippen LogP) is 5.93. The molecule has 2 N–H and O–H groups in total. The number of hydrogen-bond acceptors (Lipinski definition) is 5. The number of quaternary nitrogens is 1. The second-order valence-electron chi connectivity index (χ2n) is 11.1. The molecule has 7 nitrogen and oxygen atoms in total. The summed E-state index contributed by atoms with van der Waals surface area (Å²) in [5.74, 6) is 0.0787. The second-order valence-corrected chi connectivity index (χ2v) is 13.1. The molecule has 1 aliphatic rings. The molecule has 1 fully saturated rings. The highest BCUT2D eigenvalue weighted by Gasteiger charge is 2.27. The summed E-state index contributed by atoms with van der Waals surface area (Å²) in [5, 5.41) is 0. The highest BCUT2D eigenvalue weighted by molar-refractivity contribution is 7.52. The van der Waals surface area contributed by atoms with Crippen LogP contribution in [0.4, 0.5) is 0 Å². The zero-order valence-electron chi connectivity index (χ0n) is 24.4. The summed E-state index contributed by atoms with van der Waals surface area (Å²) in [6, 6.07) is 0. The zero-order valence-corrected chi connectivity index (χ0v) is 25.2. The van der Waals surface area contributed by atoms with Gasteiger partial charge in [-0.05, 0) is 12.3 Å². The quantitative estimate of drug-likeness (QED) is 0.0835. The first-order chi connectivity index (χ1) is 17.9. The number of likely N-dealkylation sites (tertiary alicyclic amines) is 1. The molecule has 1 saturated heterocycles. The van der Waals surface area contributed by atoms with Crippen molar-refractivity contribution in [1.29, 1.82) is 0 Å². The molecule has 0 saturated carbocycles. The van der Waals surface area contributed by atoms with Crippen LogP contribution in [0.25, 0.3) is 0 Å². The van der Waals surface area contributed by atoms with E-state index in [0.717, 1.165) is 19.5 Å². The van der Waals surface area contributed by atoms with Gasteiger partial charge in [-0.15, -0.1) is 0 Å². The van der Waals surface area contributed by atoms with E-state index in [4.69, 9.17) is 14.0 Å². The van der Waals surface area contributed by atoms with E-state index in [1.54, 1.807) is 6.92 Å². The van der Waals surface area contributed by atoms with Crippen LogP contribution >= 0.6 is 7.60 Å². The normalized spacial score (nSPS) is 17.5. The van der Waals surface area contributed by atoms with Crippen LogP contribution in [0.5, 0.6) is 0 Å².